The monoisotopic (exact) mass is 236 g/mol. The third-order valence-corrected chi connectivity index (χ3v) is 2.70. The zero-order chi connectivity index (χ0) is 12.1. The number of hydrogen-bond acceptors (Lipinski definition) is 4. The van der Waals surface area contributed by atoms with Crippen LogP contribution in [0.3, 0.4) is 0 Å². The van der Waals surface area contributed by atoms with Gasteiger partial charge in [0.1, 0.15) is 0 Å². The maximum atomic E-state index is 8.60. The Morgan fingerprint density at radius 2 is 2.47 bits per heavy atom. The van der Waals surface area contributed by atoms with Gasteiger partial charge in [0.05, 0.1) is 19.3 Å². The van der Waals surface area contributed by atoms with Crippen LogP contribution >= 0.6 is 0 Å². The summed E-state index contributed by atoms with van der Waals surface area (Å²) in [5, 5.41) is 11.6. The number of nitrogens with zero attached hydrogens (tertiary/aromatic N) is 1. The summed E-state index contributed by atoms with van der Waals surface area (Å²) in [6, 6.07) is 7.45. The Morgan fingerprint density at radius 3 is 3.18 bits per heavy atom. The minimum absolute atomic E-state index is 0.107. The molecule has 3 N–H and O–H groups in total. The van der Waals surface area contributed by atoms with Crippen molar-refractivity contribution in [2.24, 2.45) is 10.9 Å². The van der Waals surface area contributed by atoms with Gasteiger partial charge in [-0.15, -0.1) is 0 Å². The minimum Gasteiger partial charge on any atom is -0.409 e. The average molecular weight is 236 g/mol. The van der Waals surface area contributed by atoms with E-state index in [1.54, 1.807) is 6.07 Å². The molecule has 0 bridgehead atoms. The number of nitrogens with two attached hydrogens (primary N) is 1. The molecule has 1 heterocycles. The average Bonchev–Trinajstić information content (AvgIpc) is 2.89. The lowest BCUT2D eigenvalue weighted by Crippen LogP contribution is -2.14. The molecule has 0 aromatic heterocycles. The highest BCUT2D eigenvalue weighted by Gasteiger charge is 2.15. The summed E-state index contributed by atoms with van der Waals surface area (Å²) in [6.45, 7) is 1.95. The third-order valence-electron chi connectivity index (χ3n) is 2.70. The lowest BCUT2D eigenvalue weighted by atomic mass is 10.1. The molecule has 0 saturated carbocycles. The molecule has 5 nitrogen and oxygen atoms in total. The van der Waals surface area contributed by atoms with Crippen LogP contribution in [0.2, 0.25) is 0 Å². The van der Waals surface area contributed by atoms with Gasteiger partial charge >= 0.3 is 0 Å². The van der Waals surface area contributed by atoms with Crippen molar-refractivity contribution in [2.45, 2.75) is 19.1 Å². The van der Waals surface area contributed by atoms with Crippen LogP contribution in [0.4, 0.5) is 0 Å². The first-order chi connectivity index (χ1) is 8.29. The van der Waals surface area contributed by atoms with Gasteiger partial charge in [-0.3, -0.25) is 0 Å². The molecule has 0 spiro atoms. The normalized spacial score (nSPS) is 20.7. The van der Waals surface area contributed by atoms with E-state index in [4.69, 9.17) is 20.4 Å². The van der Waals surface area contributed by atoms with Gasteiger partial charge in [-0.1, -0.05) is 23.4 Å². The summed E-state index contributed by atoms with van der Waals surface area (Å²) in [6.07, 6.45) is 1.13. The smallest absolute Gasteiger partial charge is 0.170 e. The highest BCUT2D eigenvalue weighted by atomic mass is 16.5. The number of ether oxygens (including phenoxy) is 2. The fraction of sp³-hybridized carbons (Fsp3) is 0.417. The van der Waals surface area contributed by atoms with Gasteiger partial charge in [-0.25, -0.2) is 0 Å². The van der Waals surface area contributed by atoms with E-state index < -0.39 is 0 Å². The van der Waals surface area contributed by atoms with E-state index in [-0.39, 0.29) is 11.9 Å². The molecular formula is C12H16N2O3. The zero-order valence-electron chi connectivity index (χ0n) is 9.50. The maximum Gasteiger partial charge on any atom is 0.170 e. The molecule has 5 heteroatoms. The fourth-order valence-corrected chi connectivity index (χ4v) is 1.74. The summed E-state index contributed by atoms with van der Waals surface area (Å²) in [4.78, 5) is 0. The predicted octanol–water partition coefficient (Wildman–Crippen LogP) is 1.09. The van der Waals surface area contributed by atoms with E-state index in [9.17, 15) is 0 Å². The largest absolute Gasteiger partial charge is 0.409 e. The molecule has 17 heavy (non-hydrogen) atoms. The first-order valence-corrected chi connectivity index (χ1v) is 5.56. The Bertz CT molecular complexity index is 400. The standard InChI is InChI=1S/C12H16N2O3/c13-12(14-15)10-3-1-2-9(6-10)7-17-11-4-5-16-8-11/h1-3,6,11,15H,4-5,7-8H2,(H2,13,14). The number of rotatable bonds is 4. The Balaban J connectivity index is 1.96. The molecule has 1 aromatic carbocycles. The Hall–Kier alpha value is -1.59. The molecule has 1 atom stereocenters. The molecule has 1 unspecified atom stereocenters. The van der Waals surface area contributed by atoms with Crippen molar-refractivity contribution in [1.29, 1.82) is 0 Å². The summed E-state index contributed by atoms with van der Waals surface area (Å²) in [5.41, 5.74) is 7.21. The van der Waals surface area contributed by atoms with Crippen LogP contribution in [0, 0.1) is 0 Å². The second-order valence-corrected chi connectivity index (χ2v) is 3.98. The topological polar surface area (TPSA) is 77.1 Å². The number of oxime groups is 1. The summed E-state index contributed by atoms with van der Waals surface area (Å²) in [5.74, 6) is 0.107. The van der Waals surface area contributed by atoms with E-state index in [0.29, 0.717) is 18.8 Å². The molecule has 1 aliphatic rings. The van der Waals surface area contributed by atoms with Gasteiger partial charge in [0.25, 0.3) is 0 Å². The summed E-state index contributed by atoms with van der Waals surface area (Å²) < 4.78 is 10.9. The fourth-order valence-electron chi connectivity index (χ4n) is 1.74. The van der Waals surface area contributed by atoms with Crippen LogP contribution in [0.15, 0.2) is 29.4 Å². The van der Waals surface area contributed by atoms with Gasteiger partial charge < -0.3 is 20.4 Å². The molecule has 1 saturated heterocycles. The highest BCUT2D eigenvalue weighted by molar-refractivity contribution is 5.97. The lowest BCUT2D eigenvalue weighted by Gasteiger charge is -2.10. The highest BCUT2D eigenvalue weighted by Crippen LogP contribution is 2.12. The molecule has 92 valence electrons. The third kappa shape index (κ3) is 3.18. The van der Waals surface area contributed by atoms with Crippen molar-refractivity contribution >= 4 is 5.84 Å². The van der Waals surface area contributed by atoms with E-state index in [0.717, 1.165) is 18.6 Å². The Morgan fingerprint density at radius 1 is 1.59 bits per heavy atom. The van der Waals surface area contributed by atoms with Crippen molar-refractivity contribution in [3.05, 3.63) is 35.4 Å². The van der Waals surface area contributed by atoms with Crippen LogP contribution in [0.25, 0.3) is 0 Å². The lowest BCUT2D eigenvalue weighted by molar-refractivity contribution is 0.0317. The van der Waals surface area contributed by atoms with E-state index >= 15 is 0 Å². The molecule has 1 aliphatic heterocycles. The van der Waals surface area contributed by atoms with Gasteiger partial charge in [0, 0.05) is 12.2 Å². The van der Waals surface area contributed by atoms with E-state index in [1.165, 1.54) is 0 Å². The van der Waals surface area contributed by atoms with Crippen LogP contribution in [-0.2, 0) is 16.1 Å². The van der Waals surface area contributed by atoms with Crippen molar-refractivity contribution in [3.8, 4) is 0 Å². The van der Waals surface area contributed by atoms with Crippen LogP contribution in [0.5, 0.6) is 0 Å². The van der Waals surface area contributed by atoms with E-state index in [1.807, 2.05) is 18.2 Å². The van der Waals surface area contributed by atoms with Gasteiger partial charge in [-0.05, 0) is 18.1 Å². The van der Waals surface area contributed by atoms with Gasteiger partial charge in [0.2, 0.25) is 0 Å². The second kappa shape index (κ2) is 5.65. The van der Waals surface area contributed by atoms with Crippen LogP contribution in [0.1, 0.15) is 17.5 Å². The van der Waals surface area contributed by atoms with Gasteiger partial charge in [0.15, 0.2) is 5.84 Å². The SMILES string of the molecule is NC(=NO)c1cccc(COC2CCOC2)c1. The summed E-state index contributed by atoms with van der Waals surface area (Å²) >= 11 is 0. The minimum atomic E-state index is 0.107. The molecular weight excluding hydrogens is 220 g/mol. The second-order valence-electron chi connectivity index (χ2n) is 3.98. The zero-order valence-corrected chi connectivity index (χ0v) is 9.50. The molecule has 1 aromatic rings. The van der Waals surface area contributed by atoms with Crippen molar-refractivity contribution < 1.29 is 14.7 Å². The molecule has 2 rings (SSSR count). The molecule has 0 radical (unpaired) electrons. The van der Waals surface area contributed by atoms with Crippen molar-refractivity contribution in [3.63, 3.8) is 0 Å². The van der Waals surface area contributed by atoms with Gasteiger partial charge in [-0.2, -0.15) is 0 Å². The quantitative estimate of drug-likeness (QED) is 0.355. The predicted molar refractivity (Wildman–Crippen MR) is 63.0 cm³/mol. The number of hydrogen-bond donors (Lipinski definition) is 2. The Kier molecular flexibility index (Phi) is 3.95. The summed E-state index contributed by atoms with van der Waals surface area (Å²) in [7, 11) is 0. The first kappa shape index (κ1) is 11.9. The van der Waals surface area contributed by atoms with Crippen LogP contribution in [-0.4, -0.2) is 30.4 Å². The molecule has 1 fully saturated rings. The van der Waals surface area contributed by atoms with Crippen molar-refractivity contribution in [1.82, 2.24) is 0 Å². The van der Waals surface area contributed by atoms with E-state index in [2.05, 4.69) is 5.16 Å². The number of benzene rings is 1. The number of amidine groups is 1. The molecule has 0 amide bonds. The first-order valence-electron chi connectivity index (χ1n) is 5.56. The Labute approximate surface area is 99.8 Å². The van der Waals surface area contributed by atoms with Crippen LogP contribution < -0.4 is 5.73 Å². The van der Waals surface area contributed by atoms with Crippen molar-refractivity contribution in [2.75, 3.05) is 13.2 Å². The molecule has 0 aliphatic carbocycles. The maximum absolute atomic E-state index is 8.60.